The Balaban J connectivity index is 1.96. The molecule has 1 aliphatic heterocycles. The monoisotopic (exact) mass is 264 g/mol. The number of carbonyl (C=O) groups is 1. The molecule has 3 nitrogen and oxygen atoms in total. The summed E-state index contributed by atoms with van der Waals surface area (Å²) in [4.78, 5) is 14.2. The molecule has 2 rings (SSSR count). The van der Waals surface area contributed by atoms with Crippen LogP contribution in [0.4, 0.5) is 0 Å². The van der Waals surface area contributed by atoms with Gasteiger partial charge in [-0.15, -0.1) is 0 Å². The zero-order valence-corrected chi connectivity index (χ0v) is 11.5. The molecule has 98 valence electrons. The minimum atomic E-state index is -0.419. The SMILES string of the molecule is CC1CSCCN1C(=O)[C@@H](N)Cc1ccccc1. The summed E-state index contributed by atoms with van der Waals surface area (Å²) in [6.45, 7) is 2.92. The second-order valence-corrected chi connectivity index (χ2v) is 5.90. The number of nitrogens with two attached hydrogens (primary N) is 1. The second kappa shape index (κ2) is 6.25. The minimum Gasteiger partial charge on any atom is -0.337 e. The fourth-order valence-electron chi connectivity index (χ4n) is 2.22. The van der Waals surface area contributed by atoms with E-state index in [1.165, 1.54) is 0 Å². The van der Waals surface area contributed by atoms with Crippen molar-refractivity contribution in [1.82, 2.24) is 4.90 Å². The number of carbonyl (C=O) groups excluding carboxylic acids is 1. The van der Waals surface area contributed by atoms with Crippen LogP contribution in [-0.2, 0) is 11.2 Å². The Labute approximate surface area is 113 Å². The molecule has 0 radical (unpaired) electrons. The molecule has 0 aliphatic carbocycles. The Kier molecular flexibility index (Phi) is 4.66. The Morgan fingerprint density at radius 3 is 2.89 bits per heavy atom. The zero-order chi connectivity index (χ0) is 13.0. The van der Waals surface area contributed by atoms with Crippen LogP contribution in [0.1, 0.15) is 12.5 Å². The third-order valence-corrected chi connectivity index (χ3v) is 4.46. The fraction of sp³-hybridized carbons (Fsp3) is 0.500. The molecule has 1 heterocycles. The minimum absolute atomic E-state index is 0.0895. The number of hydrogen-bond acceptors (Lipinski definition) is 3. The van der Waals surface area contributed by atoms with Gasteiger partial charge in [-0.05, 0) is 18.9 Å². The largest absolute Gasteiger partial charge is 0.337 e. The molecule has 1 aliphatic rings. The van der Waals surface area contributed by atoms with Gasteiger partial charge in [-0.3, -0.25) is 4.79 Å². The molecular weight excluding hydrogens is 244 g/mol. The van der Waals surface area contributed by atoms with Crippen molar-refractivity contribution >= 4 is 17.7 Å². The molecule has 0 bridgehead atoms. The van der Waals surface area contributed by atoms with Gasteiger partial charge in [0.05, 0.1) is 6.04 Å². The highest BCUT2D eigenvalue weighted by Gasteiger charge is 2.27. The van der Waals surface area contributed by atoms with Gasteiger partial charge >= 0.3 is 0 Å². The topological polar surface area (TPSA) is 46.3 Å². The molecule has 1 amide bonds. The zero-order valence-electron chi connectivity index (χ0n) is 10.7. The average molecular weight is 264 g/mol. The molecule has 1 saturated heterocycles. The maximum absolute atomic E-state index is 12.3. The van der Waals surface area contributed by atoms with Gasteiger partial charge in [0, 0.05) is 24.1 Å². The first-order valence-corrected chi connectivity index (χ1v) is 7.51. The van der Waals surface area contributed by atoms with E-state index >= 15 is 0 Å². The van der Waals surface area contributed by atoms with Crippen molar-refractivity contribution < 1.29 is 4.79 Å². The van der Waals surface area contributed by atoms with E-state index in [1.54, 1.807) is 0 Å². The van der Waals surface area contributed by atoms with E-state index < -0.39 is 6.04 Å². The van der Waals surface area contributed by atoms with Crippen LogP contribution < -0.4 is 5.73 Å². The van der Waals surface area contributed by atoms with Crippen molar-refractivity contribution in [2.24, 2.45) is 5.73 Å². The summed E-state index contributed by atoms with van der Waals surface area (Å²) in [5, 5.41) is 0. The van der Waals surface area contributed by atoms with E-state index in [1.807, 2.05) is 47.0 Å². The summed E-state index contributed by atoms with van der Waals surface area (Å²) < 4.78 is 0. The summed E-state index contributed by atoms with van der Waals surface area (Å²) in [7, 11) is 0. The third kappa shape index (κ3) is 3.27. The molecule has 18 heavy (non-hydrogen) atoms. The van der Waals surface area contributed by atoms with Crippen LogP contribution in [0, 0.1) is 0 Å². The van der Waals surface area contributed by atoms with Crippen LogP contribution in [0.25, 0.3) is 0 Å². The Hall–Kier alpha value is -1.00. The molecule has 1 aromatic rings. The van der Waals surface area contributed by atoms with E-state index in [0.29, 0.717) is 12.5 Å². The normalized spacial score (nSPS) is 21.7. The van der Waals surface area contributed by atoms with Crippen molar-refractivity contribution in [3.8, 4) is 0 Å². The Morgan fingerprint density at radius 1 is 1.50 bits per heavy atom. The van der Waals surface area contributed by atoms with Gasteiger partial charge in [-0.25, -0.2) is 0 Å². The van der Waals surface area contributed by atoms with Gasteiger partial charge in [-0.2, -0.15) is 11.8 Å². The van der Waals surface area contributed by atoms with Gasteiger partial charge in [0.2, 0.25) is 5.91 Å². The van der Waals surface area contributed by atoms with Crippen LogP contribution in [-0.4, -0.2) is 40.9 Å². The van der Waals surface area contributed by atoms with Crippen molar-refractivity contribution in [2.45, 2.75) is 25.4 Å². The summed E-state index contributed by atoms with van der Waals surface area (Å²) in [5.74, 6) is 2.13. The van der Waals surface area contributed by atoms with Gasteiger partial charge in [0.15, 0.2) is 0 Å². The van der Waals surface area contributed by atoms with Gasteiger partial charge < -0.3 is 10.6 Å². The highest BCUT2D eigenvalue weighted by Crippen LogP contribution is 2.17. The Morgan fingerprint density at radius 2 is 2.22 bits per heavy atom. The van der Waals surface area contributed by atoms with Crippen molar-refractivity contribution in [3.63, 3.8) is 0 Å². The van der Waals surface area contributed by atoms with Crippen molar-refractivity contribution in [1.29, 1.82) is 0 Å². The first-order valence-electron chi connectivity index (χ1n) is 6.36. The highest BCUT2D eigenvalue weighted by atomic mass is 32.2. The van der Waals surface area contributed by atoms with Crippen LogP contribution in [0.3, 0.4) is 0 Å². The molecule has 1 aromatic carbocycles. The van der Waals surface area contributed by atoms with Gasteiger partial charge in [0.25, 0.3) is 0 Å². The molecular formula is C14H20N2OS. The molecule has 1 unspecified atom stereocenters. The molecule has 0 aromatic heterocycles. The molecule has 0 saturated carbocycles. The number of nitrogens with zero attached hydrogens (tertiary/aromatic N) is 1. The predicted molar refractivity (Wildman–Crippen MR) is 76.6 cm³/mol. The standard InChI is InChI=1S/C14H20N2OS/c1-11-10-18-8-7-16(11)14(17)13(15)9-12-5-3-2-4-6-12/h2-6,11,13H,7-10,15H2,1H3/t11?,13-/m0/s1. The summed E-state index contributed by atoms with van der Waals surface area (Å²) in [6, 6.07) is 9.85. The number of amides is 1. The molecule has 2 N–H and O–H groups in total. The van der Waals surface area contributed by atoms with Crippen LogP contribution in [0.15, 0.2) is 30.3 Å². The van der Waals surface area contributed by atoms with Crippen LogP contribution >= 0.6 is 11.8 Å². The lowest BCUT2D eigenvalue weighted by Crippen LogP contribution is -2.51. The van der Waals surface area contributed by atoms with E-state index in [9.17, 15) is 4.79 Å². The molecule has 0 spiro atoms. The van der Waals surface area contributed by atoms with Gasteiger partial charge in [-0.1, -0.05) is 30.3 Å². The lowest BCUT2D eigenvalue weighted by Gasteiger charge is -2.34. The lowest BCUT2D eigenvalue weighted by atomic mass is 10.1. The summed E-state index contributed by atoms with van der Waals surface area (Å²) in [5.41, 5.74) is 7.17. The quantitative estimate of drug-likeness (QED) is 0.900. The summed E-state index contributed by atoms with van der Waals surface area (Å²) >= 11 is 1.91. The number of rotatable bonds is 3. The molecule has 1 fully saturated rings. The maximum Gasteiger partial charge on any atom is 0.240 e. The highest BCUT2D eigenvalue weighted by molar-refractivity contribution is 7.99. The van der Waals surface area contributed by atoms with Crippen LogP contribution in [0.2, 0.25) is 0 Å². The van der Waals surface area contributed by atoms with E-state index in [2.05, 4.69) is 6.92 Å². The first-order chi connectivity index (χ1) is 8.68. The third-order valence-electron chi connectivity index (χ3n) is 3.27. The van der Waals surface area contributed by atoms with Gasteiger partial charge in [0.1, 0.15) is 0 Å². The second-order valence-electron chi connectivity index (χ2n) is 4.75. The first kappa shape index (κ1) is 13.4. The maximum atomic E-state index is 12.3. The molecule has 2 atom stereocenters. The average Bonchev–Trinajstić information content (AvgIpc) is 2.39. The number of benzene rings is 1. The smallest absolute Gasteiger partial charge is 0.240 e. The van der Waals surface area contributed by atoms with Crippen molar-refractivity contribution in [2.75, 3.05) is 18.1 Å². The lowest BCUT2D eigenvalue weighted by molar-refractivity contribution is -0.134. The number of thioether (sulfide) groups is 1. The fourth-order valence-corrected chi connectivity index (χ4v) is 3.24. The van der Waals surface area contributed by atoms with Crippen LogP contribution in [0.5, 0.6) is 0 Å². The number of hydrogen-bond donors (Lipinski definition) is 1. The molecule has 4 heteroatoms. The Bertz CT molecular complexity index is 396. The summed E-state index contributed by atoms with van der Waals surface area (Å²) in [6.07, 6.45) is 0.621. The predicted octanol–water partition coefficient (Wildman–Crippen LogP) is 1.52. The van der Waals surface area contributed by atoms with E-state index in [-0.39, 0.29) is 5.91 Å². The van der Waals surface area contributed by atoms with E-state index in [4.69, 9.17) is 5.73 Å². The van der Waals surface area contributed by atoms with E-state index in [0.717, 1.165) is 23.6 Å². The van der Waals surface area contributed by atoms with Crippen molar-refractivity contribution in [3.05, 3.63) is 35.9 Å².